The Morgan fingerprint density at radius 2 is 1.45 bits per heavy atom. The number of carbonyl (C=O) groups is 3. The number of esters is 1. The van der Waals surface area contributed by atoms with Crippen molar-refractivity contribution in [1.82, 2.24) is 4.90 Å². The highest BCUT2D eigenvalue weighted by Crippen LogP contribution is 2.29. The van der Waals surface area contributed by atoms with Crippen LogP contribution in [0.15, 0.2) is 102 Å². The number of ether oxygens (including phenoxy) is 2. The number of hydrogen-bond donors (Lipinski definition) is 2. The lowest BCUT2D eigenvalue weighted by molar-refractivity contribution is -0.137. The molecule has 13 heteroatoms. The Morgan fingerprint density at radius 3 is 2.08 bits per heavy atom. The number of alkyl halides is 2. The summed E-state index contributed by atoms with van der Waals surface area (Å²) in [7, 11) is -4.23. The third-order valence-corrected chi connectivity index (χ3v) is 9.14. The number of nitrogens with one attached hydrogen (secondary N) is 1. The van der Waals surface area contributed by atoms with Crippen molar-refractivity contribution in [1.29, 1.82) is 0 Å². The van der Waals surface area contributed by atoms with Crippen molar-refractivity contribution in [3.63, 3.8) is 0 Å². The van der Waals surface area contributed by atoms with Gasteiger partial charge < -0.3 is 19.5 Å². The van der Waals surface area contributed by atoms with Gasteiger partial charge in [-0.15, -0.1) is 0 Å². The summed E-state index contributed by atoms with van der Waals surface area (Å²) in [6, 6.07) is 22.6. The molecule has 0 saturated carbocycles. The first-order chi connectivity index (χ1) is 24.2. The van der Waals surface area contributed by atoms with E-state index in [1.54, 1.807) is 36.4 Å². The summed E-state index contributed by atoms with van der Waals surface area (Å²) in [5.74, 6) is -4.78. The first kappa shape index (κ1) is 38.5. The topological polar surface area (TPSA) is 139 Å². The van der Waals surface area contributed by atoms with Gasteiger partial charge in [-0.2, -0.15) is 0 Å². The van der Waals surface area contributed by atoms with E-state index in [-0.39, 0.29) is 28.4 Å². The van der Waals surface area contributed by atoms with Crippen LogP contribution < -0.4 is 14.2 Å². The Labute approximate surface area is 296 Å². The number of rotatable bonds is 18. The van der Waals surface area contributed by atoms with Crippen molar-refractivity contribution >= 4 is 33.6 Å². The van der Waals surface area contributed by atoms with Crippen LogP contribution in [0.5, 0.6) is 11.5 Å². The molecule has 0 atom stereocenters. The second-order valence-corrected chi connectivity index (χ2v) is 13.7. The molecule has 0 radical (unpaired) electrons. The van der Waals surface area contributed by atoms with Gasteiger partial charge in [0, 0.05) is 30.3 Å². The lowest BCUT2D eigenvalue weighted by Crippen LogP contribution is -2.35. The SMILES string of the molecule is CCCCCCCOc1ccc(C(=O)Oc2ccc(CN(CC(=O)O)C(=O)c3ccc(NS(=O)(=O)c4cccc(C(C)(F)F)c4)cc3)cc2)cc1. The Morgan fingerprint density at radius 1 is 0.824 bits per heavy atom. The summed E-state index contributed by atoms with van der Waals surface area (Å²) in [6.07, 6.45) is 5.65. The molecule has 10 nitrogen and oxygen atoms in total. The molecule has 0 aliphatic heterocycles. The van der Waals surface area contributed by atoms with E-state index in [0.29, 0.717) is 30.4 Å². The van der Waals surface area contributed by atoms with Gasteiger partial charge in [0.1, 0.15) is 18.0 Å². The van der Waals surface area contributed by atoms with Crippen molar-refractivity contribution in [2.24, 2.45) is 0 Å². The first-order valence-corrected chi connectivity index (χ1v) is 17.9. The molecule has 4 aromatic rings. The van der Waals surface area contributed by atoms with E-state index < -0.39 is 45.9 Å². The van der Waals surface area contributed by atoms with Gasteiger partial charge in [0.2, 0.25) is 0 Å². The number of aliphatic carboxylic acids is 1. The summed E-state index contributed by atoms with van der Waals surface area (Å²) in [6.45, 7) is 2.72. The van der Waals surface area contributed by atoms with E-state index in [2.05, 4.69) is 11.6 Å². The number of hydrogen-bond acceptors (Lipinski definition) is 7. The number of halogens is 2. The molecule has 2 N–H and O–H groups in total. The van der Waals surface area contributed by atoms with Crippen LogP contribution in [0.4, 0.5) is 14.5 Å². The van der Waals surface area contributed by atoms with Crippen LogP contribution in [0, 0.1) is 0 Å². The highest BCUT2D eigenvalue weighted by Gasteiger charge is 2.26. The van der Waals surface area contributed by atoms with Gasteiger partial charge in [0.05, 0.1) is 17.1 Å². The average Bonchev–Trinajstić information content (AvgIpc) is 3.10. The van der Waals surface area contributed by atoms with Gasteiger partial charge in [0.15, 0.2) is 0 Å². The summed E-state index contributed by atoms with van der Waals surface area (Å²) in [5, 5.41) is 9.48. The molecule has 0 aliphatic carbocycles. The number of anilines is 1. The fraction of sp³-hybridized carbons (Fsp3) is 0.289. The highest BCUT2D eigenvalue weighted by atomic mass is 32.2. The van der Waals surface area contributed by atoms with E-state index >= 15 is 0 Å². The fourth-order valence-corrected chi connectivity index (χ4v) is 6.11. The minimum atomic E-state index is -4.23. The highest BCUT2D eigenvalue weighted by molar-refractivity contribution is 7.92. The summed E-state index contributed by atoms with van der Waals surface area (Å²) >= 11 is 0. The van der Waals surface area contributed by atoms with Crippen molar-refractivity contribution < 1.29 is 46.2 Å². The number of carboxylic acid groups (broad SMARTS) is 1. The smallest absolute Gasteiger partial charge is 0.343 e. The molecule has 4 rings (SSSR count). The van der Waals surface area contributed by atoms with Crippen molar-refractivity contribution in [2.75, 3.05) is 17.9 Å². The molecule has 0 spiro atoms. The van der Waals surface area contributed by atoms with Crippen LogP contribution in [0.3, 0.4) is 0 Å². The lowest BCUT2D eigenvalue weighted by Gasteiger charge is -2.21. The normalized spacial score (nSPS) is 11.5. The van der Waals surface area contributed by atoms with Crippen molar-refractivity contribution in [2.45, 2.75) is 63.3 Å². The van der Waals surface area contributed by atoms with Crippen molar-refractivity contribution in [3.05, 3.63) is 119 Å². The van der Waals surface area contributed by atoms with Gasteiger partial charge in [-0.3, -0.25) is 14.3 Å². The quantitative estimate of drug-likeness (QED) is 0.0601. The molecular formula is C38H40F2N2O8S. The van der Waals surface area contributed by atoms with E-state index in [1.165, 1.54) is 67.8 Å². The lowest BCUT2D eigenvalue weighted by atomic mass is 10.1. The number of benzene rings is 4. The summed E-state index contributed by atoms with van der Waals surface area (Å²) in [5.41, 5.74) is 0.579. The molecule has 0 aliphatic rings. The van der Waals surface area contributed by atoms with Crippen LogP contribution >= 0.6 is 0 Å². The fourth-order valence-electron chi connectivity index (χ4n) is 5.01. The van der Waals surface area contributed by atoms with Gasteiger partial charge in [0.25, 0.3) is 21.9 Å². The van der Waals surface area contributed by atoms with E-state index in [9.17, 15) is 36.7 Å². The number of carbonyl (C=O) groups excluding carboxylic acids is 2. The zero-order valence-electron chi connectivity index (χ0n) is 28.3. The molecule has 0 saturated heterocycles. The largest absolute Gasteiger partial charge is 0.494 e. The van der Waals surface area contributed by atoms with E-state index in [0.717, 1.165) is 29.9 Å². The maximum atomic E-state index is 13.7. The Bertz CT molecular complexity index is 1890. The predicted octanol–water partition coefficient (Wildman–Crippen LogP) is 7.89. The van der Waals surface area contributed by atoms with Gasteiger partial charge in [-0.1, -0.05) is 56.9 Å². The van der Waals surface area contributed by atoms with Crippen LogP contribution in [-0.4, -0.2) is 49.4 Å². The Kier molecular flexibility index (Phi) is 13.3. The minimum Gasteiger partial charge on any atom is -0.494 e. The van der Waals surface area contributed by atoms with Gasteiger partial charge in [-0.25, -0.2) is 22.0 Å². The predicted molar refractivity (Wildman–Crippen MR) is 188 cm³/mol. The third kappa shape index (κ3) is 11.6. The summed E-state index contributed by atoms with van der Waals surface area (Å²) < 4.78 is 66.6. The molecule has 0 bridgehead atoms. The summed E-state index contributed by atoms with van der Waals surface area (Å²) in [4.78, 5) is 38.3. The molecule has 270 valence electrons. The van der Waals surface area contributed by atoms with Crippen molar-refractivity contribution in [3.8, 4) is 11.5 Å². The Balaban J connectivity index is 1.35. The molecule has 1 amide bonds. The maximum absolute atomic E-state index is 13.7. The van der Waals surface area contributed by atoms with E-state index in [1.807, 2.05) is 0 Å². The maximum Gasteiger partial charge on any atom is 0.343 e. The minimum absolute atomic E-state index is 0.0626. The first-order valence-electron chi connectivity index (χ1n) is 16.4. The molecule has 0 unspecified atom stereocenters. The molecule has 4 aromatic carbocycles. The number of sulfonamides is 1. The van der Waals surface area contributed by atoms with Crippen LogP contribution in [0.2, 0.25) is 0 Å². The van der Waals surface area contributed by atoms with E-state index in [4.69, 9.17) is 9.47 Å². The van der Waals surface area contributed by atoms with Crippen LogP contribution in [0.25, 0.3) is 0 Å². The number of unbranched alkanes of at least 4 members (excludes halogenated alkanes) is 4. The molecule has 51 heavy (non-hydrogen) atoms. The van der Waals surface area contributed by atoms with Gasteiger partial charge in [-0.05, 0) is 84.8 Å². The third-order valence-electron chi connectivity index (χ3n) is 7.76. The number of nitrogens with zero attached hydrogens (tertiary/aromatic N) is 1. The zero-order valence-corrected chi connectivity index (χ0v) is 29.1. The second-order valence-electron chi connectivity index (χ2n) is 12.0. The number of carboxylic acids is 1. The van der Waals surface area contributed by atoms with Gasteiger partial charge >= 0.3 is 11.9 Å². The molecular weight excluding hydrogens is 682 g/mol. The molecule has 0 fully saturated rings. The van der Waals surface area contributed by atoms with Crippen LogP contribution in [0.1, 0.15) is 77.8 Å². The monoisotopic (exact) mass is 722 g/mol. The zero-order chi connectivity index (χ0) is 37.0. The standard InChI is InChI=1S/C38H40F2N2O8S/c1-3-4-5-6-7-23-49-32-21-15-29(16-22-32)37(46)50-33-19-11-27(12-20-33)25-42(26-35(43)44)36(45)28-13-17-31(18-14-28)41-51(47,48)34-10-8-9-30(24-34)38(2,39)40/h8-22,24,41H,3-7,23,25-26H2,1-2H3,(H,43,44). The Hall–Kier alpha value is -5.30. The van der Waals surface area contributed by atoms with Crippen LogP contribution in [-0.2, 0) is 27.3 Å². The molecule has 0 heterocycles. The molecule has 0 aromatic heterocycles. The second kappa shape index (κ2) is 17.6. The number of amides is 1. The average molecular weight is 723 g/mol.